The zero-order chi connectivity index (χ0) is 12.2. The molecule has 1 heterocycles. The first-order chi connectivity index (χ1) is 8.79. The predicted molar refractivity (Wildman–Crippen MR) is 73.9 cm³/mol. The third-order valence-electron chi connectivity index (χ3n) is 5.81. The van der Waals surface area contributed by atoms with Crippen molar-refractivity contribution in [3.63, 3.8) is 0 Å². The topological polar surface area (TPSA) is 12.0 Å². The number of rotatable bonds is 0. The SMILES string of the molecule is CC1CC[C@]23CCN[C@H](CC4=[C+]C=CC=C42)[C@@H]3C1. The van der Waals surface area contributed by atoms with Gasteiger partial charge in [-0.25, -0.2) is 0 Å². The standard InChI is InChI=1S/C17H22N/c1-12-6-7-17-8-9-18-16(15(17)10-12)11-13-4-2-3-5-14(13)17/h2-3,5,12,15-16,18H,6-11H2,1H3/q+1/t12?,15-,16+,17-/m0/s1. The molecule has 2 bridgehead atoms. The molecule has 1 nitrogen and oxygen atoms in total. The van der Waals surface area contributed by atoms with E-state index in [2.05, 4.69) is 36.5 Å². The molecule has 0 radical (unpaired) electrons. The van der Waals surface area contributed by atoms with E-state index in [1.807, 2.05) is 0 Å². The molecule has 1 saturated heterocycles. The van der Waals surface area contributed by atoms with E-state index in [1.165, 1.54) is 44.2 Å². The van der Waals surface area contributed by atoms with Gasteiger partial charge in [0.25, 0.3) is 0 Å². The van der Waals surface area contributed by atoms with E-state index in [-0.39, 0.29) is 0 Å². The van der Waals surface area contributed by atoms with Crippen molar-refractivity contribution in [3.05, 3.63) is 35.5 Å². The summed E-state index contributed by atoms with van der Waals surface area (Å²) in [4.78, 5) is 0. The van der Waals surface area contributed by atoms with Crippen LogP contribution in [-0.4, -0.2) is 12.6 Å². The summed E-state index contributed by atoms with van der Waals surface area (Å²) in [6, 6.07) is 0.715. The number of nitrogens with one attached hydrogen (secondary N) is 1. The van der Waals surface area contributed by atoms with Crippen LogP contribution in [0.1, 0.15) is 39.0 Å². The monoisotopic (exact) mass is 240 g/mol. The largest absolute Gasteiger partial charge is 0.313 e. The van der Waals surface area contributed by atoms with E-state index in [9.17, 15) is 0 Å². The summed E-state index contributed by atoms with van der Waals surface area (Å²) in [6.45, 7) is 3.65. The molecule has 0 aromatic heterocycles. The van der Waals surface area contributed by atoms with Crippen molar-refractivity contribution >= 4 is 0 Å². The summed E-state index contributed by atoms with van der Waals surface area (Å²) in [7, 11) is 0. The molecule has 1 heteroatoms. The Hall–Kier alpha value is -0.910. The molecule has 0 amide bonds. The highest BCUT2D eigenvalue weighted by atomic mass is 15.0. The fourth-order valence-electron chi connectivity index (χ4n) is 4.96. The van der Waals surface area contributed by atoms with Crippen LogP contribution in [0.3, 0.4) is 0 Å². The molecule has 2 saturated carbocycles. The molecule has 4 atom stereocenters. The van der Waals surface area contributed by atoms with Crippen LogP contribution >= 0.6 is 0 Å². The van der Waals surface area contributed by atoms with E-state index in [1.54, 1.807) is 5.57 Å². The molecule has 4 rings (SSSR count). The number of fused-ring (bicyclic) bond motifs is 1. The Labute approximate surface area is 110 Å². The van der Waals surface area contributed by atoms with Gasteiger partial charge < -0.3 is 5.32 Å². The third-order valence-corrected chi connectivity index (χ3v) is 5.81. The van der Waals surface area contributed by atoms with Gasteiger partial charge in [-0.15, -0.1) is 0 Å². The van der Waals surface area contributed by atoms with Gasteiger partial charge in [0.15, 0.2) is 0 Å². The molecule has 1 unspecified atom stereocenters. The number of piperidine rings is 1. The van der Waals surface area contributed by atoms with Gasteiger partial charge in [0.1, 0.15) is 11.6 Å². The van der Waals surface area contributed by atoms with E-state index < -0.39 is 0 Å². The zero-order valence-corrected chi connectivity index (χ0v) is 11.2. The minimum atomic E-state index is 0.494. The number of allylic oxidation sites excluding steroid dienone is 5. The lowest BCUT2D eigenvalue weighted by molar-refractivity contribution is 0.0226. The summed E-state index contributed by atoms with van der Waals surface area (Å²) >= 11 is 0. The molecule has 0 aromatic carbocycles. The van der Waals surface area contributed by atoms with Gasteiger partial charge >= 0.3 is 0 Å². The summed E-state index contributed by atoms with van der Waals surface area (Å²) in [5.41, 5.74) is 3.65. The normalized spacial score (nSPS) is 45.3. The zero-order valence-electron chi connectivity index (χ0n) is 11.2. The molecule has 0 spiro atoms. The molecule has 4 aliphatic rings. The lowest BCUT2D eigenvalue weighted by Crippen LogP contribution is -2.58. The van der Waals surface area contributed by atoms with Crippen molar-refractivity contribution in [2.75, 3.05) is 6.54 Å². The van der Waals surface area contributed by atoms with Gasteiger partial charge in [0.2, 0.25) is 0 Å². The highest BCUT2D eigenvalue weighted by molar-refractivity contribution is 5.47. The van der Waals surface area contributed by atoms with Crippen molar-refractivity contribution < 1.29 is 0 Å². The van der Waals surface area contributed by atoms with Crippen molar-refractivity contribution in [1.29, 1.82) is 0 Å². The third kappa shape index (κ3) is 1.35. The Kier molecular flexibility index (Phi) is 2.31. The highest BCUT2D eigenvalue weighted by Crippen LogP contribution is 2.59. The van der Waals surface area contributed by atoms with Gasteiger partial charge in [-0.1, -0.05) is 6.92 Å². The van der Waals surface area contributed by atoms with Crippen LogP contribution in [0.2, 0.25) is 0 Å². The maximum absolute atomic E-state index is 3.79. The molecule has 1 aliphatic heterocycles. The molecule has 3 fully saturated rings. The average molecular weight is 240 g/mol. The minimum absolute atomic E-state index is 0.494. The molecular weight excluding hydrogens is 218 g/mol. The van der Waals surface area contributed by atoms with Gasteiger partial charge in [-0.2, -0.15) is 0 Å². The molecule has 3 aliphatic carbocycles. The fourth-order valence-corrected chi connectivity index (χ4v) is 4.96. The lowest BCUT2D eigenvalue weighted by atomic mass is 9.50. The van der Waals surface area contributed by atoms with Gasteiger partial charge in [0, 0.05) is 30.0 Å². The van der Waals surface area contributed by atoms with Crippen LogP contribution in [0.25, 0.3) is 0 Å². The fraction of sp³-hybridized carbons (Fsp3) is 0.647. The smallest absolute Gasteiger partial charge is 0.121 e. The van der Waals surface area contributed by atoms with Crippen molar-refractivity contribution in [3.8, 4) is 0 Å². The Morgan fingerprint density at radius 3 is 3.28 bits per heavy atom. The summed E-state index contributed by atoms with van der Waals surface area (Å²) < 4.78 is 0. The second-order valence-electron chi connectivity index (χ2n) is 6.72. The van der Waals surface area contributed by atoms with Crippen LogP contribution in [0.15, 0.2) is 29.4 Å². The van der Waals surface area contributed by atoms with Gasteiger partial charge in [-0.3, -0.25) is 0 Å². The first kappa shape index (κ1) is 11.0. The van der Waals surface area contributed by atoms with Crippen LogP contribution < -0.4 is 5.32 Å². The summed E-state index contributed by atoms with van der Waals surface area (Å²) in [6.07, 6.45) is 17.0. The molecular formula is C17H22N+. The quantitative estimate of drug-likeness (QED) is 0.640. The molecule has 94 valence electrons. The van der Waals surface area contributed by atoms with E-state index >= 15 is 0 Å². The second-order valence-corrected chi connectivity index (χ2v) is 6.72. The van der Waals surface area contributed by atoms with E-state index in [4.69, 9.17) is 0 Å². The molecule has 1 N–H and O–H groups in total. The van der Waals surface area contributed by atoms with Crippen LogP contribution in [0.5, 0.6) is 0 Å². The molecule has 18 heavy (non-hydrogen) atoms. The first-order valence-electron chi connectivity index (χ1n) is 7.53. The van der Waals surface area contributed by atoms with Crippen LogP contribution in [0.4, 0.5) is 0 Å². The Morgan fingerprint density at radius 2 is 2.33 bits per heavy atom. The lowest BCUT2D eigenvalue weighted by Gasteiger charge is -2.55. The summed E-state index contributed by atoms with van der Waals surface area (Å²) in [5, 5.41) is 3.79. The van der Waals surface area contributed by atoms with E-state index in [0.29, 0.717) is 11.5 Å². The Bertz CT molecular complexity index is 456. The maximum atomic E-state index is 3.79. The van der Waals surface area contributed by atoms with Crippen molar-refractivity contribution in [2.24, 2.45) is 17.3 Å². The van der Waals surface area contributed by atoms with Gasteiger partial charge in [-0.05, 0) is 44.1 Å². The Balaban J connectivity index is 1.82. The number of hydrogen-bond donors (Lipinski definition) is 1. The van der Waals surface area contributed by atoms with Gasteiger partial charge in [0.05, 0.1) is 11.6 Å². The molecule has 0 aromatic rings. The van der Waals surface area contributed by atoms with Crippen molar-refractivity contribution in [1.82, 2.24) is 5.32 Å². The Morgan fingerprint density at radius 1 is 1.39 bits per heavy atom. The van der Waals surface area contributed by atoms with Crippen molar-refractivity contribution in [2.45, 2.75) is 45.1 Å². The second kappa shape index (κ2) is 3.79. The van der Waals surface area contributed by atoms with Crippen LogP contribution in [0, 0.1) is 23.3 Å². The highest BCUT2D eigenvalue weighted by Gasteiger charge is 2.57. The predicted octanol–water partition coefficient (Wildman–Crippen LogP) is 3.40. The van der Waals surface area contributed by atoms with Crippen LogP contribution in [-0.2, 0) is 0 Å². The van der Waals surface area contributed by atoms with E-state index in [0.717, 1.165) is 11.8 Å². The number of hydrogen-bond acceptors (Lipinski definition) is 1. The minimum Gasteiger partial charge on any atom is -0.313 e. The maximum Gasteiger partial charge on any atom is 0.121 e. The summed E-state index contributed by atoms with van der Waals surface area (Å²) in [5.74, 6) is 1.79. The average Bonchev–Trinajstić information content (AvgIpc) is 2.39. The first-order valence-corrected chi connectivity index (χ1v) is 7.53.